The highest BCUT2D eigenvalue weighted by molar-refractivity contribution is 5.94. The van der Waals surface area contributed by atoms with Crippen LogP contribution in [-0.2, 0) is 0 Å². The quantitative estimate of drug-likeness (QED) is 0.199. The Bertz CT molecular complexity index is 1080. The summed E-state index contributed by atoms with van der Waals surface area (Å²) in [6, 6.07) is 7.70. The van der Waals surface area contributed by atoms with Crippen molar-refractivity contribution in [1.82, 2.24) is 5.32 Å². The summed E-state index contributed by atoms with van der Waals surface area (Å²) in [6.07, 6.45) is 19.0. The largest absolute Gasteiger partial charge is 0.368 e. The number of guanidine groups is 1. The minimum atomic E-state index is -0.274. The van der Waals surface area contributed by atoms with Crippen molar-refractivity contribution in [3.63, 3.8) is 0 Å². The van der Waals surface area contributed by atoms with Gasteiger partial charge in [0.15, 0.2) is 0 Å². The summed E-state index contributed by atoms with van der Waals surface area (Å²) in [6.45, 7) is 13.5. The Morgan fingerprint density at radius 3 is 2.76 bits per heavy atom. The van der Waals surface area contributed by atoms with Gasteiger partial charge in [-0.1, -0.05) is 68.2 Å². The zero-order chi connectivity index (χ0) is 27.5. The molecule has 37 heavy (non-hydrogen) atoms. The fourth-order valence-electron chi connectivity index (χ4n) is 3.42. The molecule has 1 atom stereocenters. The highest BCUT2D eigenvalue weighted by Crippen LogP contribution is 2.17. The van der Waals surface area contributed by atoms with Gasteiger partial charge in [0.25, 0.3) is 5.91 Å². The third-order valence-electron chi connectivity index (χ3n) is 5.55. The van der Waals surface area contributed by atoms with E-state index in [1.807, 2.05) is 31.2 Å². The molecule has 1 aromatic rings. The second-order valence-electron chi connectivity index (χ2n) is 8.64. The topological polar surface area (TPSA) is 79.8 Å². The summed E-state index contributed by atoms with van der Waals surface area (Å²) in [7, 11) is 0. The van der Waals surface area contributed by atoms with Gasteiger partial charge in [0.2, 0.25) is 5.96 Å². The van der Waals surface area contributed by atoms with Crippen molar-refractivity contribution in [3.8, 4) is 0 Å². The Morgan fingerprint density at radius 2 is 2.08 bits per heavy atom. The third kappa shape index (κ3) is 13.8. The number of halogens is 1. The Kier molecular flexibility index (Phi) is 15.6. The van der Waals surface area contributed by atoms with Crippen LogP contribution >= 0.6 is 0 Å². The number of allylic oxidation sites excluding steroid dienone is 8. The third-order valence-corrected chi connectivity index (χ3v) is 5.55. The molecule has 5 nitrogen and oxygen atoms in total. The van der Waals surface area contributed by atoms with Gasteiger partial charge in [-0.2, -0.15) is 0 Å². The minimum Gasteiger partial charge on any atom is -0.368 e. The lowest BCUT2D eigenvalue weighted by atomic mass is 10.00. The van der Waals surface area contributed by atoms with Crippen LogP contribution in [0.3, 0.4) is 0 Å². The Hall–Kier alpha value is -3.80. The van der Waals surface area contributed by atoms with Gasteiger partial charge in [-0.15, -0.1) is 0 Å². The predicted octanol–water partition coefficient (Wildman–Crippen LogP) is 7.31. The molecule has 0 aromatic heterocycles. The van der Waals surface area contributed by atoms with Gasteiger partial charge >= 0.3 is 0 Å². The number of aryl methyl sites for hydroxylation is 1. The lowest BCUT2D eigenvalue weighted by Gasteiger charge is -2.14. The van der Waals surface area contributed by atoms with Gasteiger partial charge in [-0.25, -0.2) is 14.4 Å². The van der Waals surface area contributed by atoms with Gasteiger partial charge in [0.05, 0.1) is 0 Å². The van der Waals surface area contributed by atoms with Crippen LogP contribution in [0.1, 0.15) is 61.9 Å². The summed E-state index contributed by atoms with van der Waals surface area (Å²) in [5, 5.41) is 3.03. The number of benzene rings is 1. The molecule has 0 saturated carbocycles. The maximum absolute atomic E-state index is 13.0. The van der Waals surface area contributed by atoms with E-state index in [1.165, 1.54) is 30.3 Å². The van der Waals surface area contributed by atoms with Crippen LogP contribution in [0, 0.1) is 12.8 Å². The first-order valence-electron chi connectivity index (χ1n) is 12.6. The first-order valence-corrected chi connectivity index (χ1v) is 12.6. The van der Waals surface area contributed by atoms with Crippen LogP contribution in [0.2, 0.25) is 0 Å². The van der Waals surface area contributed by atoms with E-state index in [1.54, 1.807) is 19.2 Å². The molecular weight excluding hydrogens is 463 g/mol. The second kappa shape index (κ2) is 18.5. The number of nitrogens with one attached hydrogen (secondary N) is 1. The molecule has 0 saturated heterocycles. The van der Waals surface area contributed by atoms with Crippen LogP contribution in [-0.4, -0.2) is 24.6 Å². The van der Waals surface area contributed by atoms with E-state index in [2.05, 4.69) is 53.6 Å². The number of carbonyl (C=O) groups excluding carboxylic acids is 1. The van der Waals surface area contributed by atoms with E-state index in [0.717, 1.165) is 29.5 Å². The summed E-state index contributed by atoms with van der Waals surface area (Å²) in [4.78, 5) is 19.7. The highest BCUT2D eigenvalue weighted by Gasteiger charge is 2.11. The standard InChI is InChI=1S/C18H23NO.C13H18FN3/c1-14-8-7-11-17(12-14)18(20)19-13-15(2)16-9-5-3-4-6-10-16;1-4-11(10-12(14)5-2)8-7-9-17-13(15)16-6-3/h5,7-12,15H,3-4,6,13H2,1-2H3,(H,19,20);4-6,9-10H,1,3,7-8H2,2H3,(H2,15,16)/b;11-10+,12-5+,17-9-/t15-;/m0./s1. The van der Waals surface area contributed by atoms with Crippen LogP contribution in [0.25, 0.3) is 0 Å². The Morgan fingerprint density at radius 1 is 1.30 bits per heavy atom. The lowest BCUT2D eigenvalue weighted by Crippen LogP contribution is -2.28. The fourth-order valence-corrected chi connectivity index (χ4v) is 3.42. The molecule has 0 bridgehead atoms. The number of hydrogen-bond donors (Lipinski definition) is 2. The lowest BCUT2D eigenvalue weighted by molar-refractivity contribution is 0.0950. The molecule has 0 radical (unpaired) electrons. The number of nitrogens with two attached hydrogens (primary N) is 1. The van der Waals surface area contributed by atoms with E-state index in [-0.39, 0.29) is 17.7 Å². The molecule has 1 aliphatic rings. The molecule has 0 fully saturated rings. The summed E-state index contributed by atoms with van der Waals surface area (Å²) in [5.41, 5.74) is 9.41. The molecule has 0 unspecified atom stereocenters. The maximum Gasteiger partial charge on any atom is 0.251 e. The first-order chi connectivity index (χ1) is 17.8. The van der Waals surface area contributed by atoms with Crippen LogP contribution in [0.5, 0.6) is 0 Å². The van der Waals surface area contributed by atoms with Gasteiger partial charge in [-0.05, 0) is 81.2 Å². The van der Waals surface area contributed by atoms with E-state index >= 15 is 0 Å². The normalized spacial score (nSPS) is 15.2. The van der Waals surface area contributed by atoms with Crippen molar-refractivity contribution in [2.24, 2.45) is 21.6 Å². The predicted molar refractivity (Wildman–Crippen MR) is 156 cm³/mol. The highest BCUT2D eigenvalue weighted by atomic mass is 19.1. The molecule has 6 heteroatoms. The molecule has 1 aromatic carbocycles. The summed E-state index contributed by atoms with van der Waals surface area (Å²) < 4.78 is 13.0. The number of nitrogens with zero attached hydrogens (tertiary/aromatic N) is 2. The number of aliphatic imine (C=N–C) groups is 2. The van der Waals surface area contributed by atoms with E-state index in [9.17, 15) is 9.18 Å². The van der Waals surface area contributed by atoms with Crippen LogP contribution < -0.4 is 11.1 Å². The van der Waals surface area contributed by atoms with Gasteiger partial charge in [-0.3, -0.25) is 4.79 Å². The Labute approximate surface area is 221 Å². The van der Waals surface area contributed by atoms with E-state index in [0.29, 0.717) is 25.3 Å². The Balaban J connectivity index is 0.000000377. The zero-order valence-corrected chi connectivity index (χ0v) is 22.4. The van der Waals surface area contributed by atoms with Crippen molar-refractivity contribution in [1.29, 1.82) is 0 Å². The van der Waals surface area contributed by atoms with Crippen molar-refractivity contribution in [2.75, 3.05) is 6.54 Å². The van der Waals surface area contributed by atoms with Crippen molar-refractivity contribution in [2.45, 2.75) is 52.9 Å². The van der Waals surface area contributed by atoms with Crippen molar-refractivity contribution in [3.05, 3.63) is 108 Å². The molecule has 1 amide bonds. The van der Waals surface area contributed by atoms with Gasteiger partial charge in [0.1, 0.15) is 5.83 Å². The van der Waals surface area contributed by atoms with Crippen molar-refractivity contribution < 1.29 is 9.18 Å². The van der Waals surface area contributed by atoms with Gasteiger partial charge < -0.3 is 11.1 Å². The average molecular weight is 505 g/mol. The monoisotopic (exact) mass is 504 g/mol. The molecular formula is C31H41FN4O. The fraction of sp³-hybridized carbons (Fsp3) is 0.323. The zero-order valence-electron chi connectivity index (χ0n) is 22.4. The number of carbonyl (C=O) groups is 1. The minimum absolute atomic E-state index is 0.0127. The maximum atomic E-state index is 13.0. The number of hydrogen-bond acceptors (Lipinski definition) is 2. The number of amides is 1. The summed E-state index contributed by atoms with van der Waals surface area (Å²) in [5.74, 6) is 0.255. The smallest absolute Gasteiger partial charge is 0.251 e. The van der Waals surface area contributed by atoms with Crippen LogP contribution in [0.15, 0.2) is 107 Å². The van der Waals surface area contributed by atoms with Gasteiger partial charge in [0, 0.05) is 24.5 Å². The molecule has 198 valence electrons. The van der Waals surface area contributed by atoms with Crippen molar-refractivity contribution >= 4 is 18.1 Å². The summed E-state index contributed by atoms with van der Waals surface area (Å²) >= 11 is 0. The molecule has 0 spiro atoms. The van der Waals surface area contributed by atoms with E-state index in [4.69, 9.17) is 5.73 Å². The average Bonchev–Trinajstić information content (AvgIpc) is 3.19. The van der Waals surface area contributed by atoms with E-state index < -0.39 is 0 Å². The molecule has 3 N–H and O–H groups in total. The number of rotatable bonds is 10. The SMILES string of the molecule is C=CN=C(N)/N=C\CC/C(C=C)=C/C(F)=C\C.Cc1cccc(C(=O)NC[C@H](C)C2=CCCCC=C2)c1. The molecule has 0 heterocycles. The molecule has 0 aliphatic heterocycles. The molecule has 2 rings (SSSR count). The van der Waals surface area contributed by atoms with Crippen LogP contribution in [0.4, 0.5) is 4.39 Å². The molecule has 1 aliphatic carbocycles. The second-order valence-corrected chi connectivity index (χ2v) is 8.64. The first kappa shape index (κ1) is 31.2.